The quantitative estimate of drug-likeness (QED) is 0.786. The van der Waals surface area contributed by atoms with Gasteiger partial charge in [-0.05, 0) is 17.7 Å². The Balaban J connectivity index is 1.79. The van der Waals surface area contributed by atoms with E-state index in [0.717, 1.165) is 17.1 Å². The van der Waals surface area contributed by atoms with Crippen LogP contribution in [0, 0.1) is 0 Å². The van der Waals surface area contributed by atoms with Crippen LogP contribution in [-0.4, -0.2) is 5.84 Å². The molecule has 3 aromatic rings. The molecular formula is C20H17N3. The Labute approximate surface area is 135 Å². The molecule has 1 aliphatic rings. The number of nitrogens with zero attached hydrogens (tertiary/aromatic N) is 2. The van der Waals surface area contributed by atoms with Gasteiger partial charge in [0.2, 0.25) is 0 Å². The molecule has 1 N–H and O–H groups in total. The molecule has 0 aliphatic carbocycles. The van der Waals surface area contributed by atoms with Crippen molar-refractivity contribution in [3.8, 4) is 0 Å². The fraction of sp³-hybridized carbons (Fsp3) is 0.0500. The third-order valence-corrected chi connectivity index (χ3v) is 3.96. The smallest absolute Gasteiger partial charge is 0.162 e. The number of benzene rings is 3. The molecule has 1 aliphatic heterocycles. The summed E-state index contributed by atoms with van der Waals surface area (Å²) < 4.78 is 0. The van der Waals surface area contributed by atoms with E-state index in [1.807, 2.05) is 30.3 Å². The zero-order valence-electron chi connectivity index (χ0n) is 12.6. The molecule has 3 heteroatoms. The maximum Gasteiger partial charge on any atom is 0.162 e. The Morgan fingerprint density at radius 2 is 1.26 bits per heavy atom. The summed E-state index contributed by atoms with van der Waals surface area (Å²) in [6.07, 6.45) is -0.00574. The molecule has 23 heavy (non-hydrogen) atoms. The van der Waals surface area contributed by atoms with Gasteiger partial charge in [-0.3, -0.25) is 10.3 Å². The molecule has 0 amide bonds. The van der Waals surface area contributed by atoms with Crippen molar-refractivity contribution in [2.75, 3.05) is 4.90 Å². The maximum atomic E-state index is 4.61. The molecule has 0 fully saturated rings. The van der Waals surface area contributed by atoms with Gasteiger partial charge < -0.3 is 0 Å². The van der Waals surface area contributed by atoms with E-state index >= 15 is 0 Å². The van der Waals surface area contributed by atoms with Gasteiger partial charge in [0.1, 0.15) is 6.17 Å². The van der Waals surface area contributed by atoms with Crippen LogP contribution in [0.5, 0.6) is 0 Å². The molecule has 112 valence electrons. The molecule has 0 spiro atoms. The van der Waals surface area contributed by atoms with E-state index < -0.39 is 0 Å². The molecule has 1 heterocycles. The highest BCUT2D eigenvalue weighted by Gasteiger charge is 2.30. The fourth-order valence-corrected chi connectivity index (χ4v) is 2.87. The first kappa shape index (κ1) is 13.6. The molecule has 4 rings (SSSR count). The summed E-state index contributed by atoms with van der Waals surface area (Å²) in [5, 5.41) is 4.61. The Morgan fingerprint density at radius 3 is 1.91 bits per heavy atom. The first-order chi connectivity index (χ1) is 11.4. The second-order valence-corrected chi connectivity index (χ2v) is 5.45. The van der Waals surface area contributed by atoms with Crippen LogP contribution in [-0.2, 0) is 0 Å². The number of hydrogen-bond acceptors (Lipinski definition) is 3. The van der Waals surface area contributed by atoms with Crippen molar-refractivity contribution >= 4 is 11.5 Å². The molecule has 0 bridgehead atoms. The third-order valence-electron chi connectivity index (χ3n) is 3.96. The van der Waals surface area contributed by atoms with E-state index in [1.165, 1.54) is 5.56 Å². The molecule has 3 aromatic carbocycles. The van der Waals surface area contributed by atoms with Gasteiger partial charge in [-0.2, -0.15) is 5.10 Å². The standard InChI is InChI=1S/C20H17N3/c1-4-10-16(11-5-1)19-21-22-20(17-12-6-2-7-13-17)23(19)18-14-8-3-9-15-18/h1-15,19,21H. The van der Waals surface area contributed by atoms with Crippen LogP contribution in [0.4, 0.5) is 5.69 Å². The van der Waals surface area contributed by atoms with Gasteiger partial charge in [-0.15, -0.1) is 0 Å². The lowest BCUT2D eigenvalue weighted by molar-refractivity contribution is 0.617. The van der Waals surface area contributed by atoms with E-state index in [2.05, 4.69) is 76.1 Å². The van der Waals surface area contributed by atoms with Crippen molar-refractivity contribution in [3.63, 3.8) is 0 Å². The van der Waals surface area contributed by atoms with E-state index in [9.17, 15) is 0 Å². The van der Waals surface area contributed by atoms with Crippen LogP contribution in [0.3, 0.4) is 0 Å². The minimum Gasteiger partial charge on any atom is -0.298 e. The van der Waals surface area contributed by atoms with Gasteiger partial charge in [0, 0.05) is 11.3 Å². The maximum absolute atomic E-state index is 4.61. The first-order valence-electron chi connectivity index (χ1n) is 7.71. The van der Waals surface area contributed by atoms with Crippen molar-refractivity contribution in [2.24, 2.45) is 5.10 Å². The van der Waals surface area contributed by atoms with Crippen molar-refractivity contribution in [1.29, 1.82) is 0 Å². The topological polar surface area (TPSA) is 27.6 Å². The monoisotopic (exact) mass is 299 g/mol. The Bertz CT molecular complexity index is 798. The van der Waals surface area contributed by atoms with Crippen molar-refractivity contribution in [3.05, 3.63) is 102 Å². The number of hydrazone groups is 1. The Kier molecular flexibility index (Phi) is 3.53. The summed E-state index contributed by atoms with van der Waals surface area (Å²) in [4.78, 5) is 2.24. The third kappa shape index (κ3) is 2.57. The van der Waals surface area contributed by atoms with Crippen molar-refractivity contribution in [2.45, 2.75) is 6.17 Å². The van der Waals surface area contributed by atoms with Crippen LogP contribution >= 0.6 is 0 Å². The average molecular weight is 299 g/mol. The summed E-state index contributed by atoms with van der Waals surface area (Å²) in [5.74, 6) is 0.936. The van der Waals surface area contributed by atoms with Crippen LogP contribution in [0.25, 0.3) is 0 Å². The van der Waals surface area contributed by atoms with Gasteiger partial charge in [-0.25, -0.2) is 0 Å². The predicted octanol–water partition coefficient (Wildman–Crippen LogP) is 4.16. The summed E-state index contributed by atoms with van der Waals surface area (Å²) in [6, 6.07) is 31.0. The van der Waals surface area contributed by atoms with Crippen LogP contribution in [0.1, 0.15) is 17.3 Å². The van der Waals surface area contributed by atoms with Gasteiger partial charge in [0.05, 0.1) is 0 Å². The van der Waals surface area contributed by atoms with E-state index in [-0.39, 0.29) is 6.17 Å². The van der Waals surface area contributed by atoms with Gasteiger partial charge in [0.25, 0.3) is 0 Å². The molecule has 0 saturated heterocycles. The summed E-state index contributed by atoms with van der Waals surface area (Å²) in [6.45, 7) is 0. The number of rotatable bonds is 3. The highest BCUT2D eigenvalue weighted by atomic mass is 15.5. The molecule has 0 aromatic heterocycles. The largest absolute Gasteiger partial charge is 0.298 e. The second kappa shape index (κ2) is 5.97. The summed E-state index contributed by atoms with van der Waals surface area (Å²) in [5.41, 5.74) is 6.69. The molecule has 0 radical (unpaired) electrons. The van der Waals surface area contributed by atoms with Crippen LogP contribution in [0.15, 0.2) is 96.1 Å². The SMILES string of the molecule is c1ccc(C2=NNC(c3ccccc3)N2c2ccccc2)cc1. The highest BCUT2D eigenvalue weighted by Crippen LogP contribution is 2.30. The predicted molar refractivity (Wildman–Crippen MR) is 94.2 cm³/mol. The molecule has 1 atom stereocenters. The van der Waals surface area contributed by atoms with Crippen molar-refractivity contribution < 1.29 is 0 Å². The van der Waals surface area contributed by atoms with Crippen LogP contribution < -0.4 is 10.3 Å². The zero-order chi connectivity index (χ0) is 15.5. The lowest BCUT2D eigenvalue weighted by Gasteiger charge is -2.27. The normalized spacial score (nSPS) is 16.8. The number of nitrogens with one attached hydrogen (secondary N) is 1. The molecule has 3 nitrogen and oxygen atoms in total. The lowest BCUT2D eigenvalue weighted by Crippen LogP contribution is -2.33. The van der Waals surface area contributed by atoms with Crippen LogP contribution in [0.2, 0.25) is 0 Å². The number of para-hydroxylation sites is 1. The van der Waals surface area contributed by atoms with Gasteiger partial charge in [-0.1, -0.05) is 78.9 Å². The van der Waals surface area contributed by atoms with Gasteiger partial charge >= 0.3 is 0 Å². The van der Waals surface area contributed by atoms with E-state index in [1.54, 1.807) is 0 Å². The van der Waals surface area contributed by atoms with Gasteiger partial charge in [0.15, 0.2) is 5.84 Å². The first-order valence-corrected chi connectivity index (χ1v) is 7.71. The second-order valence-electron chi connectivity index (χ2n) is 5.45. The minimum absolute atomic E-state index is 0.00574. The minimum atomic E-state index is -0.00574. The molecule has 0 saturated carbocycles. The fourth-order valence-electron chi connectivity index (χ4n) is 2.87. The number of anilines is 1. The summed E-state index contributed by atoms with van der Waals surface area (Å²) >= 11 is 0. The summed E-state index contributed by atoms with van der Waals surface area (Å²) in [7, 11) is 0. The molecular weight excluding hydrogens is 282 g/mol. The average Bonchev–Trinajstić information content (AvgIpc) is 3.09. The Hall–Kier alpha value is -3.07. The zero-order valence-corrected chi connectivity index (χ0v) is 12.6. The Morgan fingerprint density at radius 1 is 0.696 bits per heavy atom. The van der Waals surface area contributed by atoms with E-state index in [4.69, 9.17) is 0 Å². The van der Waals surface area contributed by atoms with E-state index in [0.29, 0.717) is 0 Å². The number of amidine groups is 1. The number of hydrogen-bond donors (Lipinski definition) is 1. The molecule has 1 unspecified atom stereocenters. The van der Waals surface area contributed by atoms with Crippen molar-refractivity contribution in [1.82, 2.24) is 5.43 Å². The lowest BCUT2D eigenvalue weighted by atomic mass is 10.1. The highest BCUT2D eigenvalue weighted by molar-refractivity contribution is 6.11.